The van der Waals surface area contributed by atoms with Crippen LogP contribution in [0.4, 0.5) is 0 Å². The van der Waals surface area contributed by atoms with Gasteiger partial charge in [-0.05, 0) is 89.9 Å². The first-order valence-electron chi connectivity index (χ1n) is 14.6. The molecule has 1 heterocycles. The molecule has 0 saturated carbocycles. The van der Waals surface area contributed by atoms with Gasteiger partial charge in [-0.1, -0.05) is 109 Å². The highest BCUT2D eigenvalue weighted by atomic mass is 16.5. The van der Waals surface area contributed by atoms with Crippen molar-refractivity contribution in [3.63, 3.8) is 0 Å². The SMILES string of the molecule is CCOC(=O)C1(Cc2ccc3ccccc3c2)CCN(CCC=C2c3ccccc3C=Cc3ccccc32)CC1. The third-order valence-corrected chi connectivity index (χ3v) is 8.62. The quantitative estimate of drug-likeness (QED) is 0.201. The third kappa shape index (κ3) is 5.39. The normalized spacial score (nSPS) is 16.2. The number of rotatable bonds is 7. The van der Waals surface area contributed by atoms with E-state index in [4.69, 9.17) is 4.74 Å². The molecule has 4 aromatic carbocycles. The minimum Gasteiger partial charge on any atom is -0.466 e. The molecule has 0 bridgehead atoms. The van der Waals surface area contributed by atoms with Gasteiger partial charge in [0.1, 0.15) is 0 Å². The molecule has 1 fully saturated rings. The Morgan fingerprint density at radius 1 is 0.825 bits per heavy atom. The summed E-state index contributed by atoms with van der Waals surface area (Å²) in [6.45, 7) is 5.13. The van der Waals surface area contributed by atoms with Crippen LogP contribution in [0.2, 0.25) is 0 Å². The van der Waals surface area contributed by atoms with Gasteiger partial charge in [-0.2, -0.15) is 0 Å². The van der Waals surface area contributed by atoms with Gasteiger partial charge in [0.25, 0.3) is 0 Å². The topological polar surface area (TPSA) is 29.5 Å². The number of hydrogen-bond donors (Lipinski definition) is 0. The zero-order chi connectivity index (χ0) is 27.4. The summed E-state index contributed by atoms with van der Waals surface area (Å²) >= 11 is 0. The first-order valence-corrected chi connectivity index (χ1v) is 14.6. The second-order valence-corrected chi connectivity index (χ2v) is 11.1. The van der Waals surface area contributed by atoms with Crippen molar-refractivity contribution in [1.29, 1.82) is 0 Å². The molecule has 202 valence electrons. The van der Waals surface area contributed by atoms with Crippen LogP contribution in [0.25, 0.3) is 28.5 Å². The zero-order valence-electron chi connectivity index (χ0n) is 23.3. The molecule has 0 spiro atoms. The Bertz CT molecular complexity index is 1520. The molecule has 0 N–H and O–H groups in total. The van der Waals surface area contributed by atoms with Crippen LogP contribution < -0.4 is 0 Å². The molecule has 0 radical (unpaired) electrons. The highest BCUT2D eigenvalue weighted by Crippen LogP contribution is 2.38. The van der Waals surface area contributed by atoms with E-state index in [1.807, 2.05) is 6.92 Å². The molecule has 6 rings (SSSR count). The van der Waals surface area contributed by atoms with E-state index in [2.05, 4.69) is 114 Å². The van der Waals surface area contributed by atoms with Crippen LogP contribution in [0.5, 0.6) is 0 Å². The molecular formula is C37H37NO2. The summed E-state index contributed by atoms with van der Waals surface area (Å²) in [4.78, 5) is 15.8. The summed E-state index contributed by atoms with van der Waals surface area (Å²) in [6.07, 6.45) is 10.2. The lowest BCUT2D eigenvalue weighted by Crippen LogP contribution is -2.46. The monoisotopic (exact) mass is 527 g/mol. The Balaban J connectivity index is 1.17. The van der Waals surface area contributed by atoms with E-state index in [-0.39, 0.29) is 5.97 Å². The van der Waals surface area contributed by atoms with Crippen LogP contribution in [0, 0.1) is 5.41 Å². The van der Waals surface area contributed by atoms with Gasteiger partial charge in [0.05, 0.1) is 12.0 Å². The fourth-order valence-corrected chi connectivity index (χ4v) is 6.39. The van der Waals surface area contributed by atoms with Crippen molar-refractivity contribution in [3.8, 4) is 0 Å². The number of ether oxygens (including phenoxy) is 1. The fourth-order valence-electron chi connectivity index (χ4n) is 6.39. The Morgan fingerprint density at radius 3 is 2.12 bits per heavy atom. The number of carbonyl (C=O) groups is 1. The molecular weight excluding hydrogens is 490 g/mol. The molecule has 3 nitrogen and oxygen atoms in total. The van der Waals surface area contributed by atoms with Crippen LogP contribution in [-0.2, 0) is 16.0 Å². The smallest absolute Gasteiger partial charge is 0.312 e. The van der Waals surface area contributed by atoms with Gasteiger partial charge < -0.3 is 9.64 Å². The lowest BCUT2D eigenvalue weighted by atomic mass is 9.73. The Labute approximate surface area is 237 Å². The van der Waals surface area contributed by atoms with Crippen LogP contribution in [0.1, 0.15) is 54.0 Å². The van der Waals surface area contributed by atoms with Crippen LogP contribution in [0.15, 0.2) is 97.1 Å². The van der Waals surface area contributed by atoms with Crippen molar-refractivity contribution in [2.24, 2.45) is 5.41 Å². The predicted molar refractivity (Wildman–Crippen MR) is 166 cm³/mol. The molecule has 1 saturated heterocycles. The van der Waals surface area contributed by atoms with Gasteiger partial charge in [0.2, 0.25) is 0 Å². The lowest BCUT2D eigenvalue weighted by Gasteiger charge is -2.40. The average molecular weight is 528 g/mol. The average Bonchev–Trinajstić information content (AvgIpc) is 3.15. The van der Waals surface area contributed by atoms with Gasteiger partial charge in [-0.15, -0.1) is 0 Å². The molecule has 0 aromatic heterocycles. The first kappa shape index (κ1) is 26.3. The summed E-state index contributed by atoms with van der Waals surface area (Å²) in [7, 11) is 0. The molecule has 40 heavy (non-hydrogen) atoms. The van der Waals surface area contributed by atoms with Crippen molar-refractivity contribution in [3.05, 3.63) is 125 Å². The summed E-state index contributed by atoms with van der Waals surface area (Å²) in [5, 5.41) is 2.46. The second kappa shape index (κ2) is 11.7. The van der Waals surface area contributed by atoms with Crippen molar-refractivity contribution >= 4 is 34.5 Å². The highest BCUT2D eigenvalue weighted by molar-refractivity contribution is 5.93. The van der Waals surface area contributed by atoms with E-state index in [1.165, 1.54) is 44.2 Å². The van der Waals surface area contributed by atoms with Crippen molar-refractivity contribution in [1.82, 2.24) is 4.90 Å². The standard InChI is InChI=1S/C37H37NO2/c1-2-40-36(39)37(27-28-17-18-29-10-3-4-13-32(29)26-28)21-24-38(25-22-37)23-9-16-35-33-14-7-5-11-30(33)19-20-31-12-6-8-15-34(31)35/h3-8,10-20,26H,2,9,21-25,27H2,1H3. The predicted octanol–water partition coefficient (Wildman–Crippen LogP) is 8.03. The molecule has 0 atom stereocenters. The molecule has 4 aromatic rings. The largest absolute Gasteiger partial charge is 0.466 e. The van der Waals surface area contributed by atoms with E-state index in [0.29, 0.717) is 6.61 Å². The van der Waals surface area contributed by atoms with Gasteiger partial charge in [0, 0.05) is 6.54 Å². The number of carbonyl (C=O) groups excluding carboxylic acids is 1. The van der Waals surface area contributed by atoms with E-state index >= 15 is 0 Å². The number of piperidine rings is 1. The van der Waals surface area contributed by atoms with E-state index < -0.39 is 5.41 Å². The zero-order valence-corrected chi connectivity index (χ0v) is 23.3. The number of benzene rings is 4. The number of likely N-dealkylation sites (tertiary alicyclic amines) is 1. The maximum atomic E-state index is 13.3. The van der Waals surface area contributed by atoms with Crippen LogP contribution in [0.3, 0.4) is 0 Å². The van der Waals surface area contributed by atoms with Crippen molar-refractivity contribution in [2.75, 3.05) is 26.2 Å². The van der Waals surface area contributed by atoms with Gasteiger partial charge in [-0.3, -0.25) is 4.79 Å². The lowest BCUT2D eigenvalue weighted by molar-refractivity contribution is -0.158. The highest BCUT2D eigenvalue weighted by Gasteiger charge is 2.42. The maximum Gasteiger partial charge on any atom is 0.312 e. The number of esters is 1. The number of fused-ring (bicyclic) bond motifs is 3. The second-order valence-electron chi connectivity index (χ2n) is 11.1. The molecule has 2 aliphatic rings. The Hall–Kier alpha value is -3.95. The van der Waals surface area contributed by atoms with Gasteiger partial charge in [-0.25, -0.2) is 0 Å². The summed E-state index contributed by atoms with van der Waals surface area (Å²) in [5.41, 5.74) is 7.16. The third-order valence-electron chi connectivity index (χ3n) is 8.62. The molecule has 1 aliphatic heterocycles. The van der Waals surface area contributed by atoms with Crippen molar-refractivity contribution < 1.29 is 9.53 Å². The molecule has 3 heteroatoms. The summed E-state index contributed by atoms with van der Waals surface area (Å²) < 4.78 is 5.65. The summed E-state index contributed by atoms with van der Waals surface area (Å²) in [5.74, 6) is -0.0379. The van der Waals surface area contributed by atoms with Crippen LogP contribution >= 0.6 is 0 Å². The van der Waals surface area contributed by atoms with Crippen molar-refractivity contribution in [2.45, 2.75) is 32.6 Å². The Morgan fingerprint density at radius 2 is 1.45 bits per heavy atom. The first-order chi connectivity index (χ1) is 19.6. The van der Waals surface area contributed by atoms with Gasteiger partial charge >= 0.3 is 5.97 Å². The van der Waals surface area contributed by atoms with E-state index in [9.17, 15) is 4.79 Å². The number of nitrogens with zero attached hydrogens (tertiary/aromatic N) is 1. The Kier molecular flexibility index (Phi) is 7.66. The molecule has 1 aliphatic carbocycles. The molecule has 0 unspecified atom stereocenters. The maximum absolute atomic E-state index is 13.3. The minimum absolute atomic E-state index is 0.0379. The van der Waals surface area contributed by atoms with Gasteiger partial charge in [0.15, 0.2) is 0 Å². The fraction of sp³-hybridized carbons (Fsp3) is 0.270. The number of hydrogen-bond acceptors (Lipinski definition) is 3. The van der Waals surface area contributed by atoms with E-state index in [1.54, 1.807) is 0 Å². The van der Waals surface area contributed by atoms with E-state index in [0.717, 1.165) is 45.3 Å². The summed E-state index contributed by atoms with van der Waals surface area (Å²) in [6, 6.07) is 32.3. The van der Waals surface area contributed by atoms with Crippen LogP contribution in [-0.4, -0.2) is 37.1 Å². The molecule has 0 amide bonds. The minimum atomic E-state index is -0.460.